The van der Waals surface area contributed by atoms with Crippen LogP contribution >= 0.6 is 11.3 Å². The van der Waals surface area contributed by atoms with Crippen LogP contribution in [-0.2, 0) is 4.79 Å². The highest BCUT2D eigenvalue weighted by Gasteiger charge is 2.20. The van der Waals surface area contributed by atoms with Gasteiger partial charge in [-0.3, -0.25) is 14.6 Å². The monoisotopic (exact) mass is 408 g/mol. The summed E-state index contributed by atoms with van der Waals surface area (Å²) in [5.41, 5.74) is 3.83. The number of hydrogen-bond acceptors (Lipinski definition) is 6. The molecule has 0 bridgehead atoms. The van der Waals surface area contributed by atoms with E-state index in [2.05, 4.69) is 26.0 Å². The number of anilines is 1. The molecule has 0 spiro atoms. The van der Waals surface area contributed by atoms with E-state index in [-0.39, 0.29) is 17.9 Å². The van der Waals surface area contributed by atoms with Crippen molar-refractivity contribution in [2.45, 2.75) is 26.8 Å². The predicted octanol–water partition coefficient (Wildman–Crippen LogP) is 2.93. The molecule has 1 aliphatic heterocycles. The number of nitrogens with zero attached hydrogens (tertiary/aromatic N) is 3. The molecular weight excluding hydrogens is 388 g/mol. The predicted molar refractivity (Wildman–Crippen MR) is 113 cm³/mol. The number of fused-ring (bicyclic) bond motifs is 1. The number of amides is 2. The summed E-state index contributed by atoms with van der Waals surface area (Å²) in [6.07, 6.45) is 10.6. The molecule has 4 heterocycles. The fourth-order valence-corrected chi connectivity index (χ4v) is 4.06. The first-order valence-corrected chi connectivity index (χ1v) is 9.88. The highest BCUT2D eigenvalue weighted by molar-refractivity contribution is 7.21. The zero-order valence-corrected chi connectivity index (χ0v) is 17.0. The number of carbonyl (C=O) groups is 2. The first-order chi connectivity index (χ1) is 13.9. The standard InChI is InChI=1S/C20H20N6O2S/c1-11-4-17(12(2)22-6-11)25-19(28)16-9-23-26-10-18(29-20(16)26)14-5-15(8-21-7-14)24-13(3)27/h4-10,12,22H,1-3H3,(H,24,27)(H,25,28). The number of dihydropyridines is 1. The Bertz CT molecular complexity index is 1170. The van der Waals surface area contributed by atoms with Crippen LogP contribution in [0.2, 0.25) is 0 Å². The average molecular weight is 408 g/mol. The normalized spacial score (nSPS) is 16.0. The Hall–Kier alpha value is -3.46. The van der Waals surface area contributed by atoms with E-state index < -0.39 is 0 Å². The summed E-state index contributed by atoms with van der Waals surface area (Å²) < 4.78 is 1.68. The van der Waals surface area contributed by atoms with Crippen molar-refractivity contribution in [3.8, 4) is 10.4 Å². The second-order valence-electron chi connectivity index (χ2n) is 6.88. The molecule has 0 aromatic carbocycles. The summed E-state index contributed by atoms with van der Waals surface area (Å²) in [4.78, 5) is 30.0. The van der Waals surface area contributed by atoms with E-state index in [9.17, 15) is 9.59 Å². The van der Waals surface area contributed by atoms with Gasteiger partial charge in [0, 0.05) is 30.6 Å². The number of rotatable bonds is 4. The quantitative estimate of drug-likeness (QED) is 0.616. The summed E-state index contributed by atoms with van der Waals surface area (Å²) >= 11 is 1.44. The Morgan fingerprint density at radius 1 is 1.24 bits per heavy atom. The fraction of sp³-hybridized carbons (Fsp3) is 0.200. The first kappa shape index (κ1) is 18.9. The van der Waals surface area contributed by atoms with Gasteiger partial charge in [-0.2, -0.15) is 5.10 Å². The van der Waals surface area contributed by atoms with Gasteiger partial charge in [0.1, 0.15) is 4.83 Å². The Labute approximate surface area is 171 Å². The molecule has 3 aromatic rings. The van der Waals surface area contributed by atoms with Crippen LogP contribution in [0.1, 0.15) is 31.1 Å². The third-order valence-electron chi connectivity index (χ3n) is 4.45. The Balaban J connectivity index is 1.62. The van der Waals surface area contributed by atoms with E-state index >= 15 is 0 Å². The molecule has 8 nitrogen and oxygen atoms in total. The molecule has 0 aliphatic carbocycles. The molecule has 4 rings (SSSR count). The van der Waals surface area contributed by atoms with Gasteiger partial charge in [0.2, 0.25) is 5.91 Å². The summed E-state index contributed by atoms with van der Waals surface area (Å²) in [6, 6.07) is 1.87. The van der Waals surface area contributed by atoms with Crippen LogP contribution in [0, 0.1) is 0 Å². The summed E-state index contributed by atoms with van der Waals surface area (Å²) in [5, 5.41) is 13.2. The molecule has 3 N–H and O–H groups in total. The van der Waals surface area contributed by atoms with E-state index in [1.807, 2.05) is 38.4 Å². The minimum atomic E-state index is -0.201. The second kappa shape index (κ2) is 7.51. The maximum absolute atomic E-state index is 12.9. The van der Waals surface area contributed by atoms with Crippen LogP contribution in [0.5, 0.6) is 0 Å². The summed E-state index contributed by atoms with van der Waals surface area (Å²) in [7, 11) is 0. The number of aromatic nitrogens is 3. The van der Waals surface area contributed by atoms with Gasteiger partial charge in [-0.05, 0) is 37.8 Å². The lowest BCUT2D eigenvalue weighted by Gasteiger charge is -2.21. The van der Waals surface area contributed by atoms with E-state index in [1.165, 1.54) is 18.3 Å². The Morgan fingerprint density at radius 2 is 2.07 bits per heavy atom. The molecule has 2 amide bonds. The third-order valence-corrected chi connectivity index (χ3v) is 5.61. The summed E-state index contributed by atoms with van der Waals surface area (Å²) in [5.74, 6) is -0.358. The van der Waals surface area contributed by atoms with E-state index in [0.29, 0.717) is 11.3 Å². The van der Waals surface area contributed by atoms with Crippen LogP contribution in [0.15, 0.2) is 54.4 Å². The van der Waals surface area contributed by atoms with Crippen LogP contribution < -0.4 is 16.0 Å². The lowest BCUT2D eigenvalue weighted by Crippen LogP contribution is -2.36. The molecule has 0 saturated heterocycles. The van der Waals surface area contributed by atoms with Crippen molar-refractivity contribution >= 4 is 33.7 Å². The molecule has 1 unspecified atom stereocenters. The van der Waals surface area contributed by atoms with Gasteiger partial charge in [0.25, 0.3) is 5.91 Å². The highest BCUT2D eigenvalue weighted by atomic mass is 32.1. The van der Waals surface area contributed by atoms with Crippen LogP contribution in [0.4, 0.5) is 5.69 Å². The molecule has 1 aliphatic rings. The largest absolute Gasteiger partial charge is 0.383 e. The number of carbonyl (C=O) groups excluding carboxylic acids is 2. The zero-order chi connectivity index (χ0) is 20.5. The van der Waals surface area contributed by atoms with Gasteiger partial charge >= 0.3 is 0 Å². The van der Waals surface area contributed by atoms with Crippen molar-refractivity contribution < 1.29 is 9.59 Å². The lowest BCUT2D eigenvalue weighted by atomic mass is 10.1. The molecule has 148 valence electrons. The van der Waals surface area contributed by atoms with Crippen molar-refractivity contribution in [2.75, 3.05) is 5.32 Å². The first-order valence-electron chi connectivity index (χ1n) is 9.06. The molecule has 9 heteroatoms. The van der Waals surface area contributed by atoms with Gasteiger partial charge < -0.3 is 16.0 Å². The summed E-state index contributed by atoms with van der Waals surface area (Å²) in [6.45, 7) is 5.41. The molecule has 0 radical (unpaired) electrons. The van der Waals surface area contributed by atoms with E-state index in [0.717, 1.165) is 26.5 Å². The SMILES string of the molecule is CC(=O)Nc1cncc(-c2cn3ncc(C(=O)NC4=CC(C)=CNC4C)c3s2)c1. The molecule has 0 fully saturated rings. The topological polar surface area (TPSA) is 100 Å². The number of pyridine rings is 1. The molecule has 0 saturated carbocycles. The average Bonchev–Trinajstić information content (AvgIpc) is 3.25. The van der Waals surface area contributed by atoms with Crippen LogP contribution in [0.3, 0.4) is 0 Å². The van der Waals surface area contributed by atoms with Crippen LogP contribution in [-0.4, -0.2) is 32.5 Å². The van der Waals surface area contributed by atoms with Crippen molar-refractivity contribution in [1.82, 2.24) is 25.2 Å². The van der Waals surface area contributed by atoms with Gasteiger partial charge in [-0.1, -0.05) is 0 Å². The number of hydrogen-bond donors (Lipinski definition) is 3. The van der Waals surface area contributed by atoms with E-state index in [4.69, 9.17) is 0 Å². The zero-order valence-electron chi connectivity index (χ0n) is 16.2. The van der Waals surface area contributed by atoms with Gasteiger partial charge in [-0.15, -0.1) is 11.3 Å². The molecule has 29 heavy (non-hydrogen) atoms. The van der Waals surface area contributed by atoms with Crippen molar-refractivity contribution in [1.29, 1.82) is 0 Å². The Kier molecular flexibility index (Phi) is 4.89. The lowest BCUT2D eigenvalue weighted by molar-refractivity contribution is -0.114. The van der Waals surface area contributed by atoms with Crippen molar-refractivity contribution in [2.24, 2.45) is 0 Å². The van der Waals surface area contributed by atoms with Gasteiger partial charge in [0.15, 0.2) is 0 Å². The second-order valence-corrected chi connectivity index (χ2v) is 7.91. The molecular formula is C20H20N6O2S. The number of nitrogens with one attached hydrogen (secondary N) is 3. The van der Waals surface area contributed by atoms with Gasteiger partial charge in [0.05, 0.1) is 34.6 Å². The van der Waals surface area contributed by atoms with E-state index in [1.54, 1.807) is 23.1 Å². The minimum Gasteiger partial charge on any atom is -0.383 e. The van der Waals surface area contributed by atoms with Crippen molar-refractivity contribution in [3.05, 3.63) is 60.0 Å². The van der Waals surface area contributed by atoms with Gasteiger partial charge in [-0.25, -0.2) is 4.52 Å². The fourth-order valence-electron chi connectivity index (χ4n) is 3.02. The molecule has 1 atom stereocenters. The number of allylic oxidation sites excluding steroid dienone is 2. The highest BCUT2D eigenvalue weighted by Crippen LogP contribution is 2.31. The number of thiazole rings is 1. The van der Waals surface area contributed by atoms with Crippen LogP contribution in [0.25, 0.3) is 15.3 Å². The maximum Gasteiger partial charge on any atom is 0.260 e. The Morgan fingerprint density at radius 3 is 2.86 bits per heavy atom. The third kappa shape index (κ3) is 3.90. The molecule has 3 aromatic heterocycles. The van der Waals surface area contributed by atoms with Crippen molar-refractivity contribution in [3.63, 3.8) is 0 Å². The minimum absolute atomic E-state index is 0.0233. The maximum atomic E-state index is 12.9. The smallest absolute Gasteiger partial charge is 0.260 e.